The number of carboxylic acids is 1. The van der Waals surface area contributed by atoms with E-state index in [0.29, 0.717) is 11.3 Å². The highest BCUT2D eigenvalue weighted by Crippen LogP contribution is 2.29. The monoisotopic (exact) mass is 457 g/mol. The number of imide groups is 1. The van der Waals surface area contributed by atoms with E-state index in [4.69, 9.17) is 14.6 Å². The lowest BCUT2D eigenvalue weighted by molar-refractivity contribution is -0.134. The van der Waals surface area contributed by atoms with Crippen LogP contribution in [0.2, 0.25) is 0 Å². The number of anilines is 1. The number of Topliss-reactive ketones (excluding diaryl/α,β-unsaturated/α-hetero) is 1. The molecule has 2 amide bonds. The summed E-state index contributed by atoms with van der Waals surface area (Å²) in [5, 5.41) is 8.00. The Bertz CT molecular complexity index is 1050. The van der Waals surface area contributed by atoms with Gasteiger partial charge in [0.15, 0.2) is 12.4 Å². The number of carboxylic acid groups (broad SMARTS) is 1. The molecule has 1 heterocycles. The normalized spacial score (nSPS) is 15.5. The Hall–Kier alpha value is -3.66. The van der Waals surface area contributed by atoms with Crippen LogP contribution in [0.15, 0.2) is 48.5 Å². The van der Waals surface area contributed by atoms with Crippen molar-refractivity contribution in [2.24, 2.45) is 0 Å². The Balaban J connectivity index is 1.59. The molecule has 1 fully saturated rings. The Morgan fingerprint density at radius 2 is 1.66 bits per heavy atom. The first kappa shape index (κ1) is 23.0. The van der Waals surface area contributed by atoms with Crippen LogP contribution < -0.4 is 9.64 Å². The number of methoxy groups -OCH3 is 1. The van der Waals surface area contributed by atoms with Gasteiger partial charge in [0, 0.05) is 12.0 Å². The number of nitrogens with zero attached hydrogens (tertiary/aromatic N) is 1. The molecule has 3 rings (SSSR count). The number of rotatable bonds is 9. The van der Waals surface area contributed by atoms with Crippen molar-refractivity contribution in [1.82, 2.24) is 0 Å². The summed E-state index contributed by atoms with van der Waals surface area (Å²) in [5.74, 6) is -2.80. The van der Waals surface area contributed by atoms with Crippen LogP contribution in [0.4, 0.5) is 5.69 Å². The molecule has 0 aliphatic carbocycles. The van der Waals surface area contributed by atoms with Crippen molar-refractivity contribution in [2.75, 3.05) is 24.4 Å². The summed E-state index contributed by atoms with van der Waals surface area (Å²) in [7, 11) is 1.51. The number of thioether (sulfide) groups is 1. The summed E-state index contributed by atoms with van der Waals surface area (Å²) >= 11 is 0.895. The minimum atomic E-state index is -1.07. The van der Waals surface area contributed by atoms with Crippen LogP contribution in [0, 0.1) is 0 Å². The van der Waals surface area contributed by atoms with E-state index in [-0.39, 0.29) is 29.2 Å². The van der Waals surface area contributed by atoms with Gasteiger partial charge in [0.05, 0.1) is 29.4 Å². The van der Waals surface area contributed by atoms with E-state index >= 15 is 0 Å². The number of ether oxygens (including phenoxy) is 2. The first-order valence-electron chi connectivity index (χ1n) is 9.44. The van der Waals surface area contributed by atoms with Crippen molar-refractivity contribution in [3.63, 3.8) is 0 Å². The van der Waals surface area contributed by atoms with Gasteiger partial charge in [-0.2, -0.15) is 0 Å². The maximum atomic E-state index is 12.5. The van der Waals surface area contributed by atoms with Gasteiger partial charge in [-0.1, -0.05) is 0 Å². The molecule has 0 saturated carbocycles. The first-order valence-corrected chi connectivity index (χ1v) is 10.5. The summed E-state index contributed by atoms with van der Waals surface area (Å²) < 4.78 is 10.1. The predicted octanol–water partition coefficient (Wildman–Crippen LogP) is 2.18. The van der Waals surface area contributed by atoms with Gasteiger partial charge in [0.2, 0.25) is 11.8 Å². The van der Waals surface area contributed by atoms with Crippen molar-refractivity contribution < 1.29 is 38.6 Å². The molecular weight excluding hydrogens is 438 g/mol. The van der Waals surface area contributed by atoms with Gasteiger partial charge in [-0.15, -0.1) is 11.8 Å². The summed E-state index contributed by atoms with van der Waals surface area (Å²) in [6.07, 6.45) is -0.0892. The second kappa shape index (κ2) is 10.1. The molecule has 0 bridgehead atoms. The zero-order valence-corrected chi connectivity index (χ0v) is 17.8. The van der Waals surface area contributed by atoms with Gasteiger partial charge < -0.3 is 14.6 Å². The second-order valence-corrected chi connectivity index (χ2v) is 7.93. The second-order valence-electron chi connectivity index (χ2n) is 6.74. The quantitative estimate of drug-likeness (QED) is 0.342. The number of benzene rings is 2. The van der Waals surface area contributed by atoms with Crippen LogP contribution in [0.25, 0.3) is 0 Å². The molecule has 1 unspecified atom stereocenters. The van der Waals surface area contributed by atoms with Crippen molar-refractivity contribution in [3.8, 4) is 5.75 Å². The van der Waals surface area contributed by atoms with Gasteiger partial charge in [-0.25, -0.2) is 9.69 Å². The van der Waals surface area contributed by atoms with Crippen LogP contribution >= 0.6 is 11.8 Å². The summed E-state index contributed by atoms with van der Waals surface area (Å²) in [6, 6.07) is 12.0. The Morgan fingerprint density at radius 3 is 2.25 bits per heavy atom. The molecule has 166 valence electrons. The van der Waals surface area contributed by atoms with Crippen molar-refractivity contribution in [1.29, 1.82) is 0 Å². The maximum absolute atomic E-state index is 12.5. The molecule has 0 aromatic heterocycles. The van der Waals surface area contributed by atoms with Crippen LogP contribution in [-0.2, 0) is 19.1 Å². The molecule has 9 nitrogen and oxygen atoms in total. The van der Waals surface area contributed by atoms with Crippen LogP contribution in [-0.4, -0.2) is 59.4 Å². The third-order valence-electron chi connectivity index (χ3n) is 4.62. The molecule has 0 radical (unpaired) electrons. The van der Waals surface area contributed by atoms with Crippen molar-refractivity contribution >= 4 is 47.0 Å². The molecule has 32 heavy (non-hydrogen) atoms. The minimum Gasteiger partial charge on any atom is -0.497 e. The molecule has 1 aliphatic rings. The minimum absolute atomic E-state index is 0.0892. The van der Waals surface area contributed by atoms with E-state index in [1.807, 2.05) is 0 Å². The lowest BCUT2D eigenvalue weighted by Gasteiger charge is -2.15. The number of carbonyl (C=O) groups excluding carboxylic acids is 4. The molecule has 1 aliphatic heterocycles. The van der Waals surface area contributed by atoms with E-state index in [0.717, 1.165) is 16.7 Å². The highest BCUT2D eigenvalue weighted by atomic mass is 32.2. The highest BCUT2D eigenvalue weighted by molar-refractivity contribution is 8.01. The van der Waals surface area contributed by atoms with Gasteiger partial charge in [0.25, 0.3) is 0 Å². The third-order valence-corrected chi connectivity index (χ3v) is 5.81. The van der Waals surface area contributed by atoms with Gasteiger partial charge in [0.1, 0.15) is 5.75 Å². The van der Waals surface area contributed by atoms with Gasteiger partial charge >= 0.3 is 11.9 Å². The molecule has 1 saturated heterocycles. The zero-order chi connectivity index (χ0) is 23.3. The number of hydrogen-bond acceptors (Lipinski definition) is 8. The predicted molar refractivity (Wildman–Crippen MR) is 115 cm³/mol. The molecule has 2 aromatic rings. The average Bonchev–Trinajstić information content (AvgIpc) is 3.08. The van der Waals surface area contributed by atoms with E-state index in [1.54, 1.807) is 24.3 Å². The standard InChI is InChI=1S/C22H19NO8S/c1-30-16-8-4-13(5-9-16)17(24)11-31-22(29)14-2-6-15(7-3-14)23-19(25)10-18(21(23)28)32-12-20(26)27/h2-9,18H,10-12H2,1H3,(H,26,27). The van der Waals surface area contributed by atoms with Crippen molar-refractivity contribution in [3.05, 3.63) is 59.7 Å². The van der Waals surface area contributed by atoms with E-state index in [1.165, 1.54) is 31.4 Å². The van der Waals surface area contributed by atoms with Crippen molar-refractivity contribution in [2.45, 2.75) is 11.7 Å². The molecule has 1 N–H and O–H groups in total. The lowest BCUT2D eigenvalue weighted by Crippen LogP contribution is -2.31. The summed E-state index contributed by atoms with van der Waals surface area (Å²) in [4.78, 5) is 60.8. The maximum Gasteiger partial charge on any atom is 0.338 e. The Labute approximate surface area is 187 Å². The van der Waals surface area contributed by atoms with Crippen LogP contribution in [0.1, 0.15) is 27.1 Å². The fourth-order valence-electron chi connectivity index (χ4n) is 3.00. The number of ketones is 1. The number of hydrogen-bond donors (Lipinski definition) is 1. The summed E-state index contributed by atoms with van der Waals surface area (Å²) in [6.45, 7) is -0.446. The fourth-order valence-corrected chi connectivity index (χ4v) is 3.85. The average molecular weight is 457 g/mol. The zero-order valence-electron chi connectivity index (χ0n) is 17.0. The van der Waals surface area contributed by atoms with E-state index in [9.17, 15) is 24.0 Å². The topological polar surface area (TPSA) is 127 Å². The lowest BCUT2D eigenvalue weighted by atomic mass is 10.1. The largest absolute Gasteiger partial charge is 0.497 e. The Morgan fingerprint density at radius 1 is 1.03 bits per heavy atom. The molecule has 2 aromatic carbocycles. The number of amides is 2. The van der Waals surface area contributed by atoms with Crippen LogP contribution in [0.3, 0.4) is 0 Å². The van der Waals surface area contributed by atoms with Gasteiger partial charge in [-0.3, -0.25) is 19.2 Å². The molecule has 10 heteroatoms. The van der Waals surface area contributed by atoms with E-state index in [2.05, 4.69) is 0 Å². The smallest absolute Gasteiger partial charge is 0.338 e. The number of carbonyl (C=O) groups is 5. The third kappa shape index (κ3) is 5.33. The highest BCUT2D eigenvalue weighted by Gasteiger charge is 2.40. The van der Waals surface area contributed by atoms with Gasteiger partial charge in [-0.05, 0) is 48.5 Å². The first-order chi connectivity index (χ1) is 15.3. The number of esters is 1. The van der Waals surface area contributed by atoms with E-state index < -0.39 is 35.6 Å². The molecular formula is C22H19NO8S. The fraction of sp³-hybridized carbons (Fsp3) is 0.227. The SMILES string of the molecule is COc1ccc(C(=O)COC(=O)c2ccc(N3C(=O)CC(SCC(=O)O)C3=O)cc2)cc1. The van der Waals surface area contributed by atoms with Crippen LogP contribution in [0.5, 0.6) is 5.75 Å². The Kier molecular flexibility index (Phi) is 7.26. The number of aliphatic carboxylic acids is 1. The summed E-state index contributed by atoms with van der Waals surface area (Å²) in [5.41, 5.74) is 0.784. The molecule has 1 atom stereocenters. The molecule has 0 spiro atoms.